The number of carbonyl (C=O) groups is 1. The molecule has 3 aliphatic heterocycles. The van der Waals surface area contributed by atoms with Crippen LogP contribution in [0.25, 0.3) is 0 Å². The van der Waals surface area contributed by atoms with Gasteiger partial charge in [0.05, 0.1) is 0 Å². The van der Waals surface area contributed by atoms with Gasteiger partial charge in [-0.3, -0.25) is 9.69 Å². The Kier molecular flexibility index (Phi) is 5.31. The number of rotatable bonds is 4. The number of hydrogen-bond acceptors (Lipinski definition) is 5. The zero-order valence-corrected chi connectivity index (χ0v) is 15.7. The molecule has 3 aliphatic rings. The first-order valence-electron chi connectivity index (χ1n) is 9.85. The van der Waals surface area contributed by atoms with Crippen molar-refractivity contribution >= 4 is 5.91 Å². The predicted molar refractivity (Wildman–Crippen MR) is 99.3 cm³/mol. The van der Waals surface area contributed by atoms with E-state index < -0.39 is 0 Å². The Morgan fingerprint density at radius 1 is 1.00 bits per heavy atom. The molecule has 0 atom stereocenters. The SMILES string of the molecule is CCN1CCC(C(=O)N2CCN(Cc3ccc4c(c3)OCO4)CC2)CC1. The summed E-state index contributed by atoms with van der Waals surface area (Å²) in [6, 6.07) is 6.16. The van der Waals surface area contributed by atoms with E-state index in [9.17, 15) is 4.79 Å². The maximum Gasteiger partial charge on any atom is 0.231 e. The molecular formula is C20H29N3O3. The number of carbonyl (C=O) groups excluding carboxylic acids is 1. The molecule has 0 aromatic heterocycles. The standard InChI is InChI=1S/C20H29N3O3/c1-2-21-7-5-17(6-8-21)20(24)23-11-9-22(10-12-23)14-16-3-4-18-19(13-16)26-15-25-18/h3-4,13,17H,2,5-12,14-15H2,1H3. The van der Waals surface area contributed by atoms with Gasteiger partial charge in [-0.2, -0.15) is 0 Å². The van der Waals surface area contributed by atoms with E-state index in [4.69, 9.17) is 9.47 Å². The first kappa shape index (κ1) is 17.6. The lowest BCUT2D eigenvalue weighted by molar-refractivity contribution is -0.138. The smallest absolute Gasteiger partial charge is 0.231 e. The van der Waals surface area contributed by atoms with Crippen LogP contribution in [0.3, 0.4) is 0 Å². The van der Waals surface area contributed by atoms with Gasteiger partial charge in [0.15, 0.2) is 11.5 Å². The molecule has 1 aromatic rings. The maximum atomic E-state index is 12.8. The number of likely N-dealkylation sites (tertiary alicyclic amines) is 1. The summed E-state index contributed by atoms with van der Waals surface area (Å²) in [4.78, 5) is 19.7. The third-order valence-corrected chi connectivity index (χ3v) is 5.91. The van der Waals surface area contributed by atoms with Crippen LogP contribution in [0.2, 0.25) is 0 Å². The summed E-state index contributed by atoms with van der Waals surface area (Å²) < 4.78 is 10.8. The molecule has 142 valence electrons. The Bertz CT molecular complexity index is 635. The van der Waals surface area contributed by atoms with E-state index in [1.807, 2.05) is 6.07 Å². The molecule has 4 rings (SSSR count). The van der Waals surface area contributed by atoms with Crippen LogP contribution in [-0.4, -0.2) is 73.2 Å². The van der Waals surface area contributed by atoms with Crippen LogP contribution < -0.4 is 9.47 Å². The third kappa shape index (κ3) is 3.81. The van der Waals surface area contributed by atoms with Crippen molar-refractivity contribution in [1.29, 1.82) is 0 Å². The molecule has 3 heterocycles. The van der Waals surface area contributed by atoms with Gasteiger partial charge in [0, 0.05) is 38.6 Å². The minimum absolute atomic E-state index is 0.234. The first-order valence-corrected chi connectivity index (χ1v) is 9.85. The van der Waals surface area contributed by atoms with Gasteiger partial charge in [-0.15, -0.1) is 0 Å². The van der Waals surface area contributed by atoms with Gasteiger partial charge in [0.1, 0.15) is 0 Å². The molecule has 0 unspecified atom stereocenters. The van der Waals surface area contributed by atoms with Crippen LogP contribution in [0, 0.1) is 5.92 Å². The van der Waals surface area contributed by atoms with Crippen LogP contribution in [0.5, 0.6) is 11.5 Å². The first-order chi connectivity index (χ1) is 12.7. The normalized spacial score (nSPS) is 22.0. The quantitative estimate of drug-likeness (QED) is 0.820. The number of fused-ring (bicyclic) bond motifs is 1. The largest absolute Gasteiger partial charge is 0.454 e. The maximum absolute atomic E-state index is 12.8. The van der Waals surface area contributed by atoms with Crippen LogP contribution >= 0.6 is 0 Å². The van der Waals surface area contributed by atoms with E-state index in [0.717, 1.165) is 76.7 Å². The molecule has 0 N–H and O–H groups in total. The molecule has 2 saturated heterocycles. The van der Waals surface area contributed by atoms with E-state index in [1.54, 1.807) is 0 Å². The van der Waals surface area contributed by atoms with E-state index in [1.165, 1.54) is 5.56 Å². The molecule has 0 aliphatic carbocycles. The van der Waals surface area contributed by atoms with Crippen molar-refractivity contribution in [3.8, 4) is 11.5 Å². The summed E-state index contributed by atoms with van der Waals surface area (Å²) in [6.07, 6.45) is 2.04. The number of amides is 1. The summed E-state index contributed by atoms with van der Waals surface area (Å²) in [5.74, 6) is 2.29. The zero-order valence-electron chi connectivity index (χ0n) is 15.7. The topological polar surface area (TPSA) is 45.3 Å². The van der Waals surface area contributed by atoms with Crippen molar-refractivity contribution in [1.82, 2.24) is 14.7 Å². The molecule has 1 amide bonds. The van der Waals surface area contributed by atoms with Crippen molar-refractivity contribution in [3.63, 3.8) is 0 Å². The second kappa shape index (κ2) is 7.84. The molecule has 0 radical (unpaired) electrons. The second-order valence-corrected chi connectivity index (χ2v) is 7.50. The van der Waals surface area contributed by atoms with Crippen LogP contribution in [0.1, 0.15) is 25.3 Å². The molecule has 0 saturated carbocycles. The molecule has 2 fully saturated rings. The summed E-state index contributed by atoms with van der Waals surface area (Å²) >= 11 is 0. The minimum atomic E-state index is 0.234. The van der Waals surface area contributed by atoms with Crippen molar-refractivity contribution in [2.24, 2.45) is 5.92 Å². The van der Waals surface area contributed by atoms with Gasteiger partial charge in [0.25, 0.3) is 0 Å². The predicted octanol–water partition coefficient (Wildman–Crippen LogP) is 1.79. The number of ether oxygens (including phenoxy) is 2. The number of piperazine rings is 1. The Morgan fingerprint density at radius 3 is 2.46 bits per heavy atom. The van der Waals surface area contributed by atoms with Gasteiger partial charge in [-0.05, 0) is 50.2 Å². The highest BCUT2D eigenvalue weighted by Crippen LogP contribution is 2.33. The summed E-state index contributed by atoms with van der Waals surface area (Å²) in [5, 5.41) is 0. The van der Waals surface area contributed by atoms with Crippen molar-refractivity contribution in [2.45, 2.75) is 26.3 Å². The number of benzene rings is 1. The minimum Gasteiger partial charge on any atom is -0.454 e. The molecule has 0 spiro atoms. The number of hydrogen-bond donors (Lipinski definition) is 0. The fourth-order valence-electron chi connectivity index (χ4n) is 4.18. The highest BCUT2D eigenvalue weighted by atomic mass is 16.7. The summed E-state index contributed by atoms with van der Waals surface area (Å²) in [5.41, 5.74) is 1.24. The molecule has 6 heteroatoms. The summed E-state index contributed by atoms with van der Waals surface area (Å²) in [6.45, 7) is 10.2. The third-order valence-electron chi connectivity index (χ3n) is 5.91. The Hall–Kier alpha value is -1.79. The average molecular weight is 359 g/mol. The molecule has 26 heavy (non-hydrogen) atoms. The highest BCUT2D eigenvalue weighted by Gasteiger charge is 2.30. The van der Waals surface area contributed by atoms with Gasteiger partial charge in [-0.25, -0.2) is 0 Å². The summed E-state index contributed by atoms with van der Waals surface area (Å²) in [7, 11) is 0. The average Bonchev–Trinajstić information content (AvgIpc) is 3.16. The fourth-order valence-corrected chi connectivity index (χ4v) is 4.18. The van der Waals surface area contributed by atoms with Crippen LogP contribution in [0.4, 0.5) is 0 Å². The van der Waals surface area contributed by atoms with Crippen molar-refractivity contribution in [3.05, 3.63) is 23.8 Å². The lowest BCUT2D eigenvalue weighted by Crippen LogP contribution is -2.51. The van der Waals surface area contributed by atoms with E-state index in [-0.39, 0.29) is 5.92 Å². The number of nitrogens with zero attached hydrogens (tertiary/aromatic N) is 3. The highest BCUT2D eigenvalue weighted by molar-refractivity contribution is 5.79. The van der Waals surface area contributed by atoms with Crippen LogP contribution in [0.15, 0.2) is 18.2 Å². The van der Waals surface area contributed by atoms with Gasteiger partial charge in [-0.1, -0.05) is 13.0 Å². The van der Waals surface area contributed by atoms with Crippen LogP contribution in [-0.2, 0) is 11.3 Å². The number of piperidine rings is 1. The monoisotopic (exact) mass is 359 g/mol. The molecule has 6 nitrogen and oxygen atoms in total. The molecule has 1 aromatic carbocycles. The van der Waals surface area contributed by atoms with Gasteiger partial charge < -0.3 is 19.3 Å². The molecular weight excluding hydrogens is 330 g/mol. The Labute approximate surface area is 155 Å². The van der Waals surface area contributed by atoms with Gasteiger partial charge >= 0.3 is 0 Å². The lowest BCUT2D eigenvalue weighted by atomic mass is 9.95. The second-order valence-electron chi connectivity index (χ2n) is 7.50. The van der Waals surface area contributed by atoms with Crippen molar-refractivity contribution < 1.29 is 14.3 Å². The van der Waals surface area contributed by atoms with E-state index in [2.05, 4.69) is 33.8 Å². The van der Waals surface area contributed by atoms with Gasteiger partial charge in [0.2, 0.25) is 12.7 Å². The fraction of sp³-hybridized carbons (Fsp3) is 0.650. The Balaban J connectivity index is 1.25. The lowest BCUT2D eigenvalue weighted by Gasteiger charge is -2.38. The Morgan fingerprint density at radius 2 is 1.73 bits per heavy atom. The molecule has 0 bridgehead atoms. The van der Waals surface area contributed by atoms with E-state index >= 15 is 0 Å². The zero-order chi connectivity index (χ0) is 17.9. The van der Waals surface area contributed by atoms with Crippen molar-refractivity contribution in [2.75, 3.05) is 52.6 Å². The van der Waals surface area contributed by atoms with E-state index in [0.29, 0.717) is 12.7 Å².